The van der Waals surface area contributed by atoms with Crippen LogP contribution in [0.3, 0.4) is 0 Å². The van der Waals surface area contributed by atoms with Crippen LogP contribution in [0.4, 0.5) is 11.4 Å². The molecule has 0 atom stereocenters. The van der Waals surface area contributed by atoms with Gasteiger partial charge in [-0.05, 0) is 31.0 Å². The van der Waals surface area contributed by atoms with Crippen LogP contribution in [-0.2, 0) is 14.6 Å². The number of fused-ring (bicyclic) bond motifs is 1. The van der Waals surface area contributed by atoms with Crippen LogP contribution in [0.25, 0.3) is 0 Å². The molecule has 33 heavy (non-hydrogen) atoms. The molecule has 1 aliphatic rings. The second-order valence-electron chi connectivity index (χ2n) is 8.90. The fourth-order valence-electron chi connectivity index (χ4n) is 4.76. The molecule has 6 nitrogen and oxygen atoms in total. The molecule has 0 fully saturated rings. The third kappa shape index (κ3) is 5.35. The molecule has 7 heteroatoms. The Morgan fingerprint density at radius 1 is 1.03 bits per heavy atom. The van der Waals surface area contributed by atoms with Crippen LogP contribution < -0.4 is 9.64 Å². The number of carbonyl (C=O) groups is 1. The first-order valence-corrected chi connectivity index (χ1v) is 13.3. The van der Waals surface area contributed by atoms with Crippen LogP contribution in [0.2, 0.25) is 0 Å². The van der Waals surface area contributed by atoms with Gasteiger partial charge in [-0.15, -0.1) is 0 Å². The van der Waals surface area contributed by atoms with Crippen LogP contribution in [0.1, 0.15) is 62.7 Å². The fourth-order valence-corrected chi connectivity index (χ4v) is 6.89. The Kier molecular flexibility index (Phi) is 8.05. The number of ether oxygens (including phenoxy) is 2. The molecule has 1 aliphatic heterocycles. The van der Waals surface area contributed by atoms with Gasteiger partial charge in [0.1, 0.15) is 11.3 Å². The molecule has 0 saturated carbocycles. The van der Waals surface area contributed by atoms with E-state index in [1.807, 2.05) is 30.3 Å². The normalized spacial score (nSPS) is 16.5. The number of para-hydroxylation sites is 1. The summed E-state index contributed by atoms with van der Waals surface area (Å²) in [6, 6.07) is 12.9. The van der Waals surface area contributed by atoms with Crippen molar-refractivity contribution in [2.75, 3.05) is 31.4 Å². The number of rotatable bonds is 9. The zero-order valence-corrected chi connectivity index (χ0v) is 20.9. The molecule has 0 bridgehead atoms. The van der Waals surface area contributed by atoms with E-state index in [4.69, 9.17) is 9.47 Å². The van der Waals surface area contributed by atoms with Crippen molar-refractivity contribution in [2.24, 2.45) is 5.41 Å². The maximum atomic E-state index is 13.9. The topological polar surface area (TPSA) is 72.9 Å². The summed E-state index contributed by atoms with van der Waals surface area (Å²) in [5.41, 5.74) is 1.19. The Labute approximate surface area is 197 Å². The molecule has 180 valence electrons. The molecule has 0 saturated heterocycles. The van der Waals surface area contributed by atoms with Crippen LogP contribution in [-0.4, -0.2) is 40.9 Å². The molecule has 0 aliphatic carbocycles. The first-order chi connectivity index (χ1) is 15.8. The molecular formula is C26H35NO5S. The number of esters is 1. The number of hydrogen-bond acceptors (Lipinski definition) is 6. The molecule has 0 aromatic heterocycles. The number of anilines is 2. The highest BCUT2D eigenvalue weighted by molar-refractivity contribution is 7.91. The van der Waals surface area contributed by atoms with E-state index < -0.39 is 21.2 Å². The van der Waals surface area contributed by atoms with Crippen LogP contribution in [0, 0.1) is 5.41 Å². The Balaban J connectivity index is 2.29. The Morgan fingerprint density at radius 3 is 2.21 bits per heavy atom. The highest BCUT2D eigenvalue weighted by Crippen LogP contribution is 2.46. The van der Waals surface area contributed by atoms with E-state index in [0.717, 1.165) is 44.2 Å². The summed E-state index contributed by atoms with van der Waals surface area (Å²) in [5.74, 6) is -0.265. The van der Waals surface area contributed by atoms with Gasteiger partial charge in [-0.2, -0.15) is 0 Å². The van der Waals surface area contributed by atoms with Gasteiger partial charge in [0.15, 0.2) is 9.84 Å². The van der Waals surface area contributed by atoms with E-state index in [9.17, 15) is 13.2 Å². The molecule has 0 spiro atoms. The summed E-state index contributed by atoms with van der Waals surface area (Å²) in [7, 11) is -0.934. The van der Waals surface area contributed by atoms with Gasteiger partial charge >= 0.3 is 5.97 Å². The smallest absolute Gasteiger partial charge is 0.341 e. The minimum Gasteiger partial charge on any atom is -0.496 e. The van der Waals surface area contributed by atoms with Gasteiger partial charge in [0, 0.05) is 23.7 Å². The lowest BCUT2D eigenvalue weighted by Gasteiger charge is -2.37. The van der Waals surface area contributed by atoms with Gasteiger partial charge in [-0.3, -0.25) is 0 Å². The fraction of sp³-hybridized carbons (Fsp3) is 0.500. The van der Waals surface area contributed by atoms with Gasteiger partial charge in [-0.25, -0.2) is 13.2 Å². The van der Waals surface area contributed by atoms with E-state index in [2.05, 4.69) is 18.7 Å². The van der Waals surface area contributed by atoms with E-state index in [1.165, 1.54) is 20.3 Å². The van der Waals surface area contributed by atoms with Crippen molar-refractivity contribution < 1.29 is 22.7 Å². The summed E-state index contributed by atoms with van der Waals surface area (Å²) in [5, 5.41) is 0. The Hall–Kier alpha value is -2.54. The number of methoxy groups -OCH3 is 2. The second kappa shape index (κ2) is 10.6. The van der Waals surface area contributed by atoms with E-state index in [-0.39, 0.29) is 16.2 Å². The lowest BCUT2D eigenvalue weighted by molar-refractivity contribution is 0.0597. The molecule has 2 aromatic rings. The predicted molar refractivity (Wildman–Crippen MR) is 131 cm³/mol. The van der Waals surface area contributed by atoms with Crippen molar-refractivity contribution in [2.45, 2.75) is 57.3 Å². The average molecular weight is 474 g/mol. The molecule has 0 unspecified atom stereocenters. The van der Waals surface area contributed by atoms with Crippen molar-refractivity contribution in [3.8, 4) is 5.75 Å². The van der Waals surface area contributed by atoms with Gasteiger partial charge in [0.2, 0.25) is 0 Å². The van der Waals surface area contributed by atoms with Crippen LogP contribution in [0.15, 0.2) is 47.4 Å². The highest BCUT2D eigenvalue weighted by Gasteiger charge is 2.42. The number of sulfone groups is 1. The average Bonchev–Trinajstić information content (AvgIpc) is 2.92. The minimum absolute atomic E-state index is 0.0588. The quantitative estimate of drug-likeness (QED) is 0.430. The number of benzene rings is 2. The lowest BCUT2D eigenvalue weighted by Crippen LogP contribution is -2.38. The maximum Gasteiger partial charge on any atom is 0.341 e. The number of carbonyl (C=O) groups excluding carboxylic acids is 1. The predicted octanol–water partition coefficient (Wildman–Crippen LogP) is 5.77. The Morgan fingerprint density at radius 2 is 1.67 bits per heavy atom. The zero-order valence-electron chi connectivity index (χ0n) is 20.1. The van der Waals surface area contributed by atoms with Crippen molar-refractivity contribution in [1.29, 1.82) is 0 Å². The number of nitrogens with zero attached hydrogens (tertiary/aromatic N) is 1. The molecule has 2 aromatic carbocycles. The summed E-state index contributed by atoms with van der Waals surface area (Å²) in [4.78, 5) is 14.7. The largest absolute Gasteiger partial charge is 0.496 e. The molecular weight excluding hydrogens is 438 g/mol. The summed E-state index contributed by atoms with van der Waals surface area (Å²) >= 11 is 0. The van der Waals surface area contributed by atoms with Gasteiger partial charge in [0.25, 0.3) is 0 Å². The highest BCUT2D eigenvalue weighted by atomic mass is 32.2. The third-order valence-electron chi connectivity index (χ3n) is 6.49. The van der Waals surface area contributed by atoms with E-state index in [0.29, 0.717) is 18.0 Å². The monoisotopic (exact) mass is 473 g/mol. The zero-order chi connectivity index (χ0) is 24.1. The van der Waals surface area contributed by atoms with Crippen LogP contribution >= 0.6 is 0 Å². The lowest BCUT2D eigenvalue weighted by atomic mass is 9.79. The molecule has 0 N–H and O–H groups in total. The summed E-state index contributed by atoms with van der Waals surface area (Å²) < 4.78 is 38.1. The third-order valence-corrected chi connectivity index (χ3v) is 8.48. The van der Waals surface area contributed by atoms with Crippen molar-refractivity contribution in [3.63, 3.8) is 0 Å². The second-order valence-corrected chi connectivity index (χ2v) is 10.9. The molecule has 0 radical (unpaired) electrons. The standard InChI is InChI=1S/C26H35NO5S/c1-5-7-14-26(15-8-6-2)18-27(20-12-10-9-11-13-20)22-17-23(31-3)21(25(28)32-4)16-24(22)33(29,30)19-26/h9-13,16-17H,5-8,14-15,18-19H2,1-4H3. The minimum atomic E-state index is -3.68. The van der Waals surface area contributed by atoms with Crippen LogP contribution in [0.5, 0.6) is 5.75 Å². The molecule has 1 heterocycles. The first kappa shape index (κ1) is 25.1. The first-order valence-electron chi connectivity index (χ1n) is 11.7. The van der Waals surface area contributed by atoms with E-state index in [1.54, 1.807) is 6.07 Å². The van der Waals surface area contributed by atoms with Gasteiger partial charge in [-0.1, -0.05) is 57.7 Å². The maximum absolute atomic E-state index is 13.9. The summed E-state index contributed by atoms with van der Waals surface area (Å²) in [6.45, 7) is 4.86. The Bertz CT molecular complexity index is 1060. The SMILES string of the molecule is CCCCC1(CCCC)CN(c2ccccc2)c2cc(OC)c(C(=O)OC)cc2S(=O)(=O)C1. The van der Waals surface area contributed by atoms with Gasteiger partial charge in [0.05, 0.1) is 30.6 Å². The van der Waals surface area contributed by atoms with Crippen molar-refractivity contribution in [1.82, 2.24) is 0 Å². The van der Waals surface area contributed by atoms with Crippen molar-refractivity contribution >= 4 is 27.2 Å². The number of hydrogen-bond donors (Lipinski definition) is 0. The van der Waals surface area contributed by atoms with E-state index >= 15 is 0 Å². The molecule has 0 amide bonds. The van der Waals surface area contributed by atoms with Crippen molar-refractivity contribution in [3.05, 3.63) is 48.0 Å². The van der Waals surface area contributed by atoms with Gasteiger partial charge < -0.3 is 14.4 Å². The summed E-state index contributed by atoms with van der Waals surface area (Å²) in [6.07, 6.45) is 5.62. The number of unbranched alkanes of at least 4 members (excludes halogenated alkanes) is 2. The molecule has 3 rings (SSSR count).